The lowest BCUT2D eigenvalue weighted by Crippen LogP contribution is -2.23. The summed E-state index contributed by atoms with van der Waals surface area (Å²) in [5.74, 6) is 0. The number of rotatable bonds is 4. The molecule has 72 valence electrons. The van der Waals surface area contributed by atoms with E-state index in [0.717, 1.165) is 11.4 Å². The van der Waals surface area contributed by atoms with E-state index in [-0.39, 0.29) is 6.61 Å². The van der Waals surface area contributed by atoms with E-state index >= 15 is 0 Å². The lowest BCUT2D eigenvalue weighted by atomic mass is 10.2. The number of anilines is 1. The monoisotopic (exact) mass is 181 g/mol. The summed E-state index contributed by atoms with van der Waals surface area (Å²) in [6, 6.07) is 3.81. The zero-order valence-electron chi connectivity index (χ0n) is 7.77. The molecule has 0 radical (unpaired) electrons. The number of aliphatic hydroxyl groups excluding tert-OH is 1. The highest BCUT2D eigenvalue weighted by molar-refractivity contribution is 5.49. The molecule has 0 saturated heterocycles. The van der Waals surface area contributed by atoms with Gasteiger partial charge in [-0.2, -0.15) is 0 Å². The molecule has 3 N–H and O–H groups in total. The first-order valence-electron chi connectivity index (χ1n) is 4.25. The van der Waals surface area contributed by atoms with Gasteiger partial charge in [-0.15, -0.1) is 0 Å². The number of hydrogen-bond acceptors (Lipinski definition) is 4. The van der Waals surface area contributed by atoms with Gasteiger partial charge in [0, 0.05) is 26.3 Å². The molecular formula is C9H15N3O. The summed E-state index contributed by atoms with van der Waals surface area (Å²) in [7, 11) is 1.91. The number of nitrogens with zero attached hydrogens (tertiary/aromatic N) is 2. The largest absolute Gasteiger partial charge is 0.395 e. The van der Waals surface area contributed by atoms with Crippen molar-refractivity contribution in [1.82, 2.24) is 4.98 Å². The van der Waals surface area contributed by atoms with Crippen molar-refractivity contribution in [2.24, 2.45) is 5.73 Å². The Labute approximate surface area is 78.0 Å². The molecular weight excluding hydrogens is 166 g/mol. The molecule has 4 nitrogen and oxygen atoms in total. The molecule has 1 aromatic rings. The minimum Gasteiger partial charge on any atom is -0.395 e. The number of aliphatic hydroxyl groups is 1. The van der Waals surface area contributed by atoms with Gasteiger partial charge >= 0.3 is 0 Å². The van der Waals surface area contributed by atoms with Gasteiger partial charge in [0.1, 0.15) is 0 Å². The van der Waals surface area contributed by atoms with Crippen LogP contribution in [0.25, 0.3) is 0 Å². The summed E-state index contributed by atoms with van der Waals surface area (Å²) in [6.07, 6.45) is 1.72. The Kier molecular flexibility index (Phi) is 3.67. The Bertz CT molecular complexity index is 265. The summed E-state index contributed by atoms with van der Waals surface area (Å²) in [6.45, 7) is 1.15. The fraction of sp³-hybridized carbons (Fsp3) is 0.444. The summed E-state index contributed by atoms with van der Waals surface area (Å²) in [5.41, 5.74) is 7.38. The second-order valence-electron chi connectivity index (χ2n) is 2.82. The number of likely N-dealkylation sites (N-methyl/N-ethyl adjacent to an activating group) is 1. The Hall–Kier alpha value is -1.13. The van der Waals surface area contributed by atoms with Crippen LogP contribution in [0.2, 0.25) is 0 Å². The van der Waals surface area contributed by atoms with Gasteiger partial charge in [-0.1, -0.05) is 0 Å². The quantitative estimate of drug-likeness (QED) is 0.684. The average Bonchev–Trinajstić information content (AvgIpc) is 2.18. The minimum atomic E-state index is 0.134. The van der Waals surface area contributed by atoms with Crippen molar-refractivity contribution >= 4 is 5.69 Å². The van der Waals surface area contributed by atoms with Crippen molar-refractivity contribution in [2.45, 2.75) is 6.54 Å². The van der Waals surface area contributed by atoms with Crippen molar-refractivity contribution in [2.75, 3.05) is 25.1 Å². The molecule has 0 aromatic carbocycles. The van der Waals surface area contributed by atoms with Crippen LogP contribution in [0, 0.1) is 0 Å². The van der Waals surface area contributed by atoms with Gasteiger partial charge in [-0.05, 0) is 12.1 Å². The normalized spacial score (nSPS) is 10.1. The molecule has 1 rings (SSSR count). The summed E-state index contributed by atoms with van der Waals surface area (Å²) < 4.78 is 0. The van der Waals surface area contributed by atoms with Crippen LogP contribution >= 0.6 is 0 Å². The van der Waals surface area contributed by atoms with Gasteiger partial charge in [0.15, 0.2) is 0 Å². The van der Waals surface area contributed by atoms with Crippen LogP contribution in [0.5, 0.6) is 0 Å². The van der Waals surface area contributed by atoms with E-state index in [2.05, 4.69) is 4.98 Å². The van der Waals surface area contributed by atoms with E-state index < -0.39 is 0 Å². The zero-order chi connectivity index (χ0) is 9.68. The number of nitrogens with two attached hydrogens (primary N) is 1. The predicted octanol–water partition coefficient (Wildman–Crippen LogP) is -0.0312. The van der Waals surface area contributed by atoms with E-state index in [0.29, 0.717) is 13.1 Å². The standard InChI is InChI=1S/C9H15N3O/c1-12(5-6-13)9-3-2-4-11-8(9)7-10/h2-4,13H,5-7,10H2,1H3. The maximum absolute atomic E-state index is 8.77. The fourth-order valence-electron chi connectivity index (χ4n) is 1.20. The van der Waals surface area contributed by atoms with Crippen LogP contribution in [-0.2, 0) is 6.54 Å². The maximum atomic E-state index is 8.77. The van der Waals surface area contributed by atoms with Crippen molar-refractivity contribution in [3.05, 3.63) is 24.0 Å². The third kappa shape index (κ3) is 2.40. The average molecular weight is 181 g/mol. The van der Waals surface area contributed by atoms with Gasteiger partial charge in [-0.3, -0.25) is 4.98 Å². The van der Waals surface area contributed by atoms with Crippen molar-refractivity contribution in [3.8, 4) is 0 Å². The second kappa shape index (κ2) is 4.79. The van der Waals surface area contributed by atoms with E-state index in [1.165, 1.54) is 0 Å². The topological polar surface area (TPSA) is 62.4 Å². The molecule has 0 saturated carbocycles. The molecule has 0 aliphatic rings. The predicted molar refractivity (Wildman–Crippen MR) is 52.5 cm³/mol. The van der Waals surface area contributed by atoms with Crippen LogP contribution in [0.3, 0.4) is 0 Å². The lowest BCUT2D eigenvalue weighted by Gasteiger charge is -2.19. The molecule has 0 spiro atoms. The Morgan fingerprint density at radius 3 is 3.00 bits per heavy atom. The summed E-state index contributed by atoms with van der Waals surface area (Å²) in [5, 5.41) is 8.77. The molecule has 0 atom stereocenters. The van der Waals surface area contributed by atoms with Crippen LogP contribution in [0.4, 0.5) is 5.69 Å². The number of pyridine rings is 1. The molecule has 13 heavy (non-hydrogen) atoms. The molecule has 0 aliphatic carbocycles. The fourth-order valence-corrected chi connectivity index (χ4v) is 1.20. The van der Waals surface area contributed by atoms with Crippen molar-refractivity contribution < 1.29 is 5.11 Å². The third-order valence-electron chi connectivity index (χ3n) is 1.91. The van der Waals surface area contributed by atoms with E-state index in [1.807, 2.05) is 24.1 Å². The minimum absolute atomic E-state index is 0.134. The SMILES string of the molecule is CN(CCO)c1cccnc1CN. The van der Waals surface area contributed by atoms with Gasteiger partial charge in [-0.25, -0.2) is 0 Å². The van der Waals surface area contributed by atoms with E-state index in [9.17, 15) is 0 Å². The highest BCUT2D eigenvalue weighted by Gasteiger charge is 2.05. The lowest BCUT2D eigenvalue weighted by molar-refractivity contribution is 0.304. The summed E-state index contributed by atoms with van der Waals surface area (Å²) in [4.78, 5) is 6.09. The maximum Gasteiger partial charge on any atom is 0.0772 e. The van der Waals surface area contributed by atoms with E-state index in [1.54, 1.807) is 6.20 Å². The highest BCUT2D eigenvalue weighted by Crippen LogP contribution is 2.15. The van der Waals surface area contributed by atoms with Crippen molar-refractivity contribution in [3.63, 3.8) is 0 Å². The molecule has 0 unspecified atom stereocenters. The molecule has 0 aliphatic heterocycles. The van der Waals surface area contributed by atoms with Gasteiger partial charge in [0.05, 0.1) is 18.0 Å². The number of aromatic nitrogens is 1. The third-order valence-corrected chi connectivity index (χ3v) is 1.91. The first-order chi connectivity index (χ1) is 6.29. The van der Waals surface area contributed by atoms with E-state index in [4.69, 9.17) is 10.8 Å². The van der Waals surface area contributed by atoms with Crippen LogP contribution < -0.4 is 10.6 Å². The van der Waals surface area contributed by atoms with Crippen LogP contribution in [0.15, 0.2) is 18.3 Å². The first kappa shape index (κ1) is 9.95. The Balaban J connectivity index is 2.85. The van der Waals surface area contributed by atoms with Crippen LogP contribution in [0.1, 0.15) is 5.69 Å². The Morgan fingerprint density at radius 1 is 1.62 bits per heavy atom. The highest BCUT2D eigenvalue weighted by atomic mass is 16.3. The van der Waals surface area contributed by atoms with Gasteiger partial charge in [0.25, 0.3) is 0 Å². The molecule has 0 bridgehead atoms. The molecule has 4 heteroatoms. The zero-order valence-corrected chi connectivity index (χ0v) is 7.77. The first-order valence-corrected chi connectivity index (χ1v) is 4.25. The van der Waals surface area contributed by atoms with Gasteiger partial charge < -0.3 is 15.7 Å². The molecule has 0 amide bonds. The van der Waals surface area contributed by atoms with Gasteiger partial charge in [0.2, 0.25) is 0 Å². The Morgan fingerprint density at radius 2 is 2.38 bits per heavy atom. The van der Waals surface area contributed by atoms with Crippen LogP contribution in [-0.4, -0.2) is 30.3 Å². The smallest absolute Gasteiger partial charge is 0.0772 e. The second-order valence-corrected chi connectivity index (χ2v) is 2.82. The molecule has 1 heterocycles. The van der Waals surface area contributed by atoms with Crippen molar-refractivity contribution in [1.29, 1.82) is 0 Å². The molecule has 1 aromatic heterocycles. The summed E-state index contributed by atoms with van der Waals surface area (Å²) >= 11 is 0. The molecule has 0 fully saturated rings. The number of hydrogen-bond donors (Lipinski definition) is 2.